The first-order valence-corrected chi connectivity index (χ1v) is 14.0. The van der Waals surface area contributed by atoms with E-state index in [0.717, 1.165) is 49.5 Å². The number of carbonyl (C=O) groups is 3. The van der Waals surface area contributed by atoms with Crippen LogP contribution in [0.15, 0.2) is 73.2 Å². The predicted molar refractivity (Wildman–Crippen MR) is 172 cm³/mol. The molecule has 0 N–H and O–H groups in total. The molecule has 0 spiro atoms. The SMILES string of the molecule is Cc1cc(C(=O)[O-])c2nccc(C)c2c1.Cc1cc(C(=O)[O-])c2nccc(C)c2c1.Cc1cc(C(=O)[O-])c2nccc(C)c2c1.[Al+3]. The van der Waals surface area contributed by atoms with Crippen LogP contribution in [0, 0.1) is 41.5 Å². The summed E-state index contributed by atoms with van der Waals surface area (Å²) >= 11 is 0. The maximum Gasteiger partial charge on any atom is 3.00 e. The van der Waals surface area contributed by atoms with E-state index in [1.807, 2.05) is 77.9 Å². The number of benzene rings is 3. The maximum absolute atomic E-state index is 10.9. The van der Waals surface area contributed by atoms with Crippen molar-refractivity contribution in [2.75, 3.05) is 0 Å². The molecule has 46 heavy (non-hydrogen) atoms. The molecular formula is C36H30AlN3O6. The maximum atomic E-state index is 10.9. The summed E-state index contributed by atoms with van der Waals surface area (Å²) in [4.78, 5) is 45.0. The Morgan fingerprint density at radius 1 is 0.457 bits per heavy atom. The van der Waals surface area contributed by atoms with Crippen LogP contribution in [-0.2, 0) is 0 Å². The molecule has 6 rings (SSSR count). The van der Waals surface area contributed by atoms with E-state index in [0.29, 0.717) is 16.6 Å². The van der Waals surface area contributed by atoms with Gasteiger partial charge in [0.25, 0.3) is 0 Å². The summed E-state index contributed by atoms with van der Waals surface area (Å²) in [5.74, 6) is -3.54. The van der Waals surface area contributed by atoms with Crippen molar-refractivity contribution in [2.45, 2.75) is 41.5 Å². The van der Waals surface area contributed by atoms with Crippen molar-refractivity contribution in [3.63, 3.8) is 0 Å². The van der Waals surface area contributed by atoms with Gasteiger partial charge in [-0.1, -0.05) is 0 Å². The largest absolute Gasteiger partial charge is 3.00 e. The molecule has 3 aromatic carbocycles. The molecule has 3 aromatic heterocycles. The molecule has 0 saturated carbocycles. The third-order valence-corrected chi connectivity index (χ3v) is 7.28. The van der Waals surface area contributed by atoms with Crippen LogP contribution in [0.25, 0.3) is 32.7 Å². The molecule has 6 aromatic rings. The van der Waals surface area contributed by atoms with E-state index in [1.54, 1.807) is 36.8 Å². The first-order valence-electron chi connectivity index (χ1n) is 14.0. The van der Waals surface area contributed by atoms with Gasteiger partial charge in [-0.3, -0.25) is 15.0 Å². The average molecular weight is 628 g/mol. The fraction of sp³-hybridized carbons (Fsp3) is 0.167. The van der Waals surface area contributed by atoms with Gasteiger partial charge in [-0.15, -0.1) is 0 Å². The molecule has 0 saturated heterocycles. The topological polar surface area (TPSA) is 159 Å². The molecule has 0 atom stereocenters. The zero-order valence-electron chi connectivity index (χ0n) is 26.3. The summed E-state index contributed by atoms with van der Waals surface area (Å²) in [6.07, 6.45) is 4.83. The van der Waals surface area contributed by atoms with Crippen molar-refractivity contribution in [1.29, 1.82) is 0 Å². The molecule has 0 aliphatic carbocycles. The summed E-state index contributed by atoms with van der Waals surface area (Å²) in [6.45, 7) is 11.4. The second-order valence-corrected chi connectivity index (χ2v) is 10.9. The summed E-state index contributed by atoms with van der Waals surface area (Å²) in [5, 5.41) is 35.4. The number of nitrogens with zero attached hydrogens (tertiary/aromatic N) is 3. The number of aryl methyl sites for hydroxylation is 6. The van der Waals surface area contributed by atoms with Crippen LogP contribution in [0.2, 0.25) is 0 Å². The van der Waals surface area contributed by atoms with Gasteiger partial charge in [-0.05, 0) is 130 Å². The number of carboxylic acids is 3. The summed E-state index contributed by atoms with van der Waals surface area (Å²) in [6, 6.07) is 16.2. The molecular weight excluding hydrogens is 597 g/mol. The standard InChI is InChI=1S/3C12H11NO2.Al/c3*1-7-5-9-8(2)3-4-13-11(9)10(6-7)12(14)15;/h3*3-6H,1-2H3,(H,14,15);/q;;;+3/p-3. The third kappa shape index (κ3) is 7.72. The molecule has 0 unspecified atom stereocenters. The fourth-order valence-electron chi connectivity index (χ4n) is 5.06. The first kappa shape index (κ1) is 35.3. The van der Waals surface area contributed by atoms with Crippen molar-refractivity contribution in [3.05, 3.63) is 123 Å². The van der Waals surface area contributed by atoms with Crippen LogP contribution in [0.4, 0.5) is 0 Å². The van der Waals surface area contributed by atoms with Gasteiger partial charge in [-0.25, -0.2) is 0 Å². The van der Waals surface area contributed by atoms with Gasteiger partial charge in [0.15, 0.2) is 0 Å². The summed E-state index contributed by atoms with van der Waals surface area (Å²) in [7, 11) is 0. The van der Waals surface area contributed by atoms with Crippen molar-refractivity contribution >= 4 is 68.0 Å². The van der Waals surface area contributed by atoms with Gasteiger partial charge in [0.05, 0.1) is 34.5 Å². The van der Waals surface area contributed by atoms with Crippen LogP contribution in [0.3, 0.4) is 0 Å². The number of carbonyl (C=O) groups excluding carboxylic acids is 3. The minimum absolute atomic E-state index is 0. The van der Waals surface area contributed by atoms with E-state index >= 15 is 0 Å². The zero-order valence-corrected chi connectivity index (χ0v) is 27.5. The van der Waals surface area contributed by atoms with Gasteiger partial charge < -0.3 is 29.7 Å². The first-order chi connectivity index (χ1) is 21.3. The Balaban J connectivity index is 0.000000186. The smallest absolute Gasteiger partial charge is 0.545 e. The number of aromatic nitrogens is 3. The molecule has 228 valence electrons. The number of pyridine rings is 3. The number of fused-ring (bicyclic) bond motifs is 3. The van der Waals surface area contributed by atoms with E-state index in [1.165, 1.54) is 0 Å². The van der Waals surface area contributed by atoms with Crippen LogP contribution in [-0.4, -0.2) is 50.2 Å². The number of hydrogen-bond acceptors (Lipinski definition) is 9. The third-order valence-electron chi connectivity index (χ3n) is 7.28. The Labute approximate surface area is 276 Å². The predicted octanol–water partition coefficient (Wildman–Crippen LogP) is 3.26. The Morgan fingerprint density at radius 2 is 0.696 bits per heavy atom. The van der Waals surface area contributed by atoms with Gasteiger partial charge in [0, 0.05) is 51.4 Å². The molecule has 0 bridgehead atoms. The zero-order chi connectivity index (χ0) is 33.0. The normalized spacial score (nSPS) is 10.3. The molecule has 0 fully saturated rings. The summed E-state index contributed by atoms with van der Waals surface area (Å²) < 4.78 is 0. The van der Waals surface area contributed by atoms with Gasteiger partial charge in [0.1, 0.15) is 0 Å². The van der Waals surface area contributed by atoms with Crippen LogP contribution in [0.5, 0.6) is 0 Å². The molecule has 3 heterocycles. The molecule has 0 aliphatic rings. The molecule has 0 aliphatic heterocycles. The molecule has 10 heteroatoms. The van der Waals surface area contributed by atoms with Gasteiger partial charge in [-0.2, -0.15) is 0 Å². The van der Waals surface area contributed by atoms with E-state index < -0.39 is 17.9 Å². The molecule has 0 amide bonds. The van der Waals surface area contributed by atoms with E-state index in [9.17, 15) is 29.7 Å². The minimum atomic E-state index is -1.18. The fourth-order valence-corrected chi connectivity index (χ4v) is 5.06. The van der Waals surface area contributed by atoms with Crippen molar-refractivity contribution in [1.82, 2.24) is 15.0 Å². The quantitative estimate of drug-likeness (QED) is 0.268. The van der Waals surface area contributed by atoms with Gasteiger partial charge >= 0.3 is 17.4 Å². The second-order valence-electron chi connectivity index (χ2n) is 10.9. The van der Waals surface area contributed by atoms with Crippen molar-refractivity contribution in [3.8, 4) is 0 Å². The molecule has 9 nitrogen and oxygen atoms in total. The monoisotopic (exact) mass is 627 g/mol. The molecule has 0 radical (unpaired) electrons. The van der Waals surface area contributed by atoms with E-state index in [4.69, 9.17) is 0 Å². The Hall–Kier alpha value is -5.17. The van der Waals surface area contributed by atoms with Crippen molar-refractivity contribution in [2.24, 2.45) is 0 Å². The second kappa shape index (κ2) is 14.7. The van der Waals surface area contributed by atoms with Crippen LogP contribution in [0.1, 0.15) is 64.5 Å². The van der Waals surface area contributed by atoms with Crippen LogP contribution < -0.4 is 15.3 Å². The number of carboxylic acid groups (broad SMARTS) is 3. The van der Waals surface area contributed by atoms with E-state index in [-0.39, 0.29) is 34.1 Å². The van der Waals surface area contributed by atoms with Crippen LogP contribution >= 0.6 is 0 Å². The van der Waals surface area contributed by atoms with E-state index in [2.05, 4.69) is 15.0 Å². The van der Waals surface area contributed by atoms with Gasteiger partial charge in [0.2, 0.25) is 0 Å². The summed E-state index contributed by atoms with van der Waals surface area (Å²) in [5.41, 5.74) is 7.75. The van der Waals surface area contributed by atoms with Crippen molar-refractivity contribution < 1.29 is 29.7 Å². The number of hydrogen-bond donors (Lipinski definition) is 0. The minimum Gasteiger partial charge on any atom is -0.545 e. The number of rotatable bonds is 3. The number of aromatic carboxylic acids is 3. The Kier molecular flexibility index (Phi) is 11.3. The average Bonchev–Trinajstić information content (AvgIpc) is 2.98. The Morgan fingerprint density at radius 3 is 0.913 bits per heavy atom. The Bertz CT molecular complexity index is 1890.